The zero-order chi connectivity index (χ0) is 10.6. The SMILES string of the molecule is CCC(C)C(CN)N(C)C1CCSC1. The van der Waals surface area contributed by atoms with Gasteiger partial charge in [0.1, 0.15) is 0 Å². The first-order chi connectivity index (χ1) is 6.70. The molecule has 0 saturated carbocycles. The molecule has 84 valence electrons. The zero-order valence-corrected chi connectivity index (χ0v) is 10.5. The van der Waals surface area contributed by atoms with Crippen molar-refractivity contribution in [2.45, 2.75) is 38.8 Å². The van der Waals surface area contributed by atoms with Crippen molar-refractivity contribution in [2.75, 3.05) is 25.1 Å². The average molecular weight is 216 g/mol. The smallest absolute Gasteiger partial charge is 0.0244 e. The first-order valence-corrected chi connectivity index (χ1v) is 6.85. The van der Waals surface area contributed by atoms with E-state index in [1.54, 1.807) is 0 Å². The summed E-state index contributed by atoms with van der Waals surface area (Å²) in [7, 11) is 2.25. The highest BCUT2D eigenvalue weighted by Gasteiger charge is 2.27. The largest absolute Gasteiger partial charge is 0.329 e. The van der Waals surface area contributed by atoms with Gasteiger partial charge in [0.05, 0.1) is 0 Å². The fourth-order valence-electron chi connectivity index (χ4n) is 2.19. The maximum atomic E-state index is 5.87. The van der Waals surface area contributed by atoms with Crippen LogP contribution in [0.25, 0.3) is 0 Å². The molecule has 0 aliphatic carbocycles. The van der Waals surface area contributed by atoms with Crippen molar-refractivity contribution in [3.63, 3.8) is 0 Å². The van der Waals surface area contributed by atoms with E-state index in [9.17, 15) is 0 Å². The molecule has 1 rings (SSSR count). The van der Waals surface area contributed by atoms with Crippen LogP contribution in [-0.4, -0.2) is 42.1 Å². The molecular formula is C11H24N2S. The third kappa shape index (κ3) is 2.88. The molecule has 1 aliphatic rings. The van der Waals surface area contributed by atoms with E-state index in [0.29, 0.717) is 6.04 Å². The van der Waals surface area contributed by atoms with Crippen LogP contribution < -0.4 is 5.73 Å². The lowest BCUT2D eigenvalue weighted by atomic mass is 9.96. The van der Waals surface area contributed by atoms with Crippen molar-refractivity contribution in [3.8, 4) is 0 Å². The summed E-state index contributed by atoms with van der Waals surface area (Å²) in [6.45, 7) is 5.37. The van der Waals surface area contributed by atoms with Crippen molar-refractivity contribution in [1.82, 2.24) is 4.90 Å². The molecule has 3 atom stereocenters. The maximum absolute atomic E-state index is 5.87. The van der Waals surface area contributed by atoms with Gasteiger partial charge in [-0.25, -0.2) is 0 Å². The molecule has 1 aliphatic heterocycles. The van der Waals surface area contributed by atoms with Crippen LogP contribution >= 0.6 is 11.8 Å². The average Bonchev–Trinajstić information content (AvgIpc) is 2.71. The fraction of sp³-hybridized carbons (Fsp3) is 1.00. The molecule has 0 aromatic carbocycles. The van der Waals surface area contributed by atoms with Gasteiger partial charge >= 0.3 is 0 Å². The molecule has 0 radical (unpaired) electrons. The van der Waals surface area contributed by atoms with Gasteiger partial charge in [-0.3, -0.25) is 4.90 Å². The first-order valence-electron chi connectivity index (χ1n) is 5.70. The molecule has 0 bridgehead atoms. The summed E-state index contributed by atoms with van der Waals surface area (Å²) >= 11 is 2.08. The summed E-state index contributed by atoms with van der Waals surface area (Å²) in [5.74, 6) is 3.34. The normalized spacial score (nSPS) is 26.8. The summed E-state index contributed by atoms with van der Waals surface area (Å²) in [4.78, 5) is 2.52. The van der Waals surface area contributed by atoms with Crippen LogP contribution in [0.3, 0.4) is 0 Å². The number of thioether (sulfide) groups is 1. The Kier molecular flexibility index (Phi) is 5.28. The summed E-state index contributed by atoms with van der Waals surface area (Å²) in [5, 5.41) is 0. The Morgan fingerprint density at radius 3 is 2.71 bits per heavy atom. The zero-order valence-electron chi connectivity index (χ0n) is 9.70. The molecule has 14 heavy (non-hydrogen) atoms. The lowest BCUT2D eigenvalue weighted by Gasteiger charge is -2.35. The molecule has 0 aromatic heterocycles. The van der Waals surface area contributed by atoms with Gasteiger partial charge in [0, 0.05) is 24.4 Å². The van der Waals surface area contributed by atoms with Gasteiger partial charge in [-0.15, -0.1) is 0 Å². The predicted molar refractivity (Wildman–Crippen MR) is 65.8 cm³/mol. The van der Waals surface area contributed by atoms with E-state index >= 15 is 0 Å². The highest BCUT2D eigenvalue weighted by molar-refractivity contribution is 7.99. The van der Waals surface area contributed by atoms with Crippen LogP contribution in [0.1, 0.15) is 26.7 Å². The highest BCUT2D eigenvalue weighted by Crippen LogP contribution is 2.25. The minimum absolute atomic E-state index is 0.573. The summed E-state index contributed by atoms with van der Waals surface area (Å²) in [6, 6.07) is 1.34. The van der Waals surface area contributed by atoms with Crippen molar-refractivity contribution >= 4 is 11.8 Å². The summed E-state index contributed by atoms with van der Waals surface area (Å²) in [5.41, 5.74) is 5.87. The molecule has 3 unspecified atom stereocenters. The number of rotatable bonds is 5. The van der Waals surface area contributed by atoms with E-state index in [0.717, 1.165) is 18.5 Å². The van der Waals surface area contributed by atoms with E-state index in [4.69, 9.17) is 5.73 Å². The van der Waals surface area contributed by atoms with Gasteiger partial charge in [0.2, 0.25) is 0 Å². The fourth-order valence-corrected chi connectivity index (χ4v) is 3.47. The van der Waals surface area contributed by atoms with Gasteiger partial charge < -0.3 is 5.73 Å². The van der Waals surface area contributed by atoms with Gasteiger partial charge in [-0.05, 0) is 25.1 Å². The summed E-state index contributed by atoms with van der Waals surface area (Å²) in [6.07, 6.45) is 2.57. The van der Waals surface area contributed by atoms with E-state index < -0.39 is 0 Å². The van der Waals surface area contributed by atoms with Crippen molar-refractivity contribution < 1.29 is 0 Å². The minimum atomic E-state index is 0.573. The molecular weight excluding hydrogens is 192 g/mol. The quantitative estimate of drug-likeness (QED) is 0.760. The van der Waals surface area contributed by atoms with Gasteiger partial charge in [0.15, 0.2) is 0 Å². The molecule has 1 heterocycles. The number of likely N-dealkylation sites (N-methyl/N-ethyl adjacent to an activating group) is 1. The summed E-state index contributed by atoms with van der Waals surface area (Å²) < 4.78 is 0. The van der Waals surface area contributed by atoms with E-state index in [1.165, 1.54) is 24.3 Å². The number of hydrogen-bond acceptors (Lipinski definition) is 3. The van der Waals surface area contributed by atoms with Crippen LogP contribution in [0.15, 0.2) is 0 Å². The minimum Gasteiger partial charge on any atom is -0.329 e. The first kappa shape index (κ1) is 12.3. The molecule has 2 nitrogen and oxygen atoms in total. The van der Waals surface area contributed by atoms with E-state index in [2.05, 4.69) is 37.6 Å². The molecule has 3 heteroatoms. The van der Waals surface area contributed by atoms with Gasteiger partial charge in [-0.2, -0.15) is 11.8 Å². The molecule has 0 amide bonds. The monoisotopic (exact) mass is 216 g/mol. The molecule has 0 aromatic rings. The standard InChI is InChI=1S/C11H24N2S/c1-4-9(2)11(7-12)13(3)10-5-6-14-8-10/h9-11H,4-8,12H2,1-3H3. The number of nitrogens with zero attached hydrogens (tertiary/aromatic N) is 1. The van der Waals surface area contributed by atoms with E-state index in [-0.39, 0.29) is 0 Å². The third-order valence-electron chi connectivity index (χ3n) is 3.55. The Hall–Kier alpha value is 0.270. The molecule has 0 spiro atoms. The van der Waals surface area contributed by atoms with Crippen LogP contribution in [0.2, 0.25) is 0 Å². The van der Waals surface area contributed by atoms with Gasteiger partial charge in [0.25, 0.3) is 0 Å². The Labute approximate surface area is 92.6 Å². The van der Waals surface area contributed by atoms with E-state index in [1.807, 2.05) is 0 Å². The molecule has 1 fully saturated rings. The van der Waals surface area contributed by atoms with Crippen LogP contribution in [0.4, 0.5) is 0 Å². The Bertz CT molecular complexity index is 157. The Balaban J connectivity index is 2.49. The lowest BCUT2D eigenvalue weighted by Crippen LogP contribution is -2.47. The predicted octanol–water partition coefficient (Wildman–Crippen LogP) is 1.80. The maximum Gasteiger partial charge on any atom is 0.0244 e. The Morgan fingerprint density at radius 2 is 2.29 bits per heavy atom. The van der Waals surface area contributed by atoms with Crippen LogP contribution in [0, 0.1) is 5.92 Å². The lowest BCUT2D eigenvalue weighted by molar-refractivity contribution is 0.143. The van der Waals surface area contributed by atoms with Crippen molar-refractivity contribution in [1.29, 1.82) is 0 Å². The topological polar surface area (TPSA) is 29.3 Å². The number of nitrogens with two attached hydrogens (primary N) is 1. The second kappa shape index (κ2) is 5.99. The Morgan fingerprint density at radius 1 is 1.57 bits per heavy atom. The van der Waals surface area contributed by atoms with Crippen LogP contribution in [-0.2, 0) is 0 Å². The van der Waals surface area contributed by atoms with Crippen LogP contribution in [0.5, 0.6) is 0 Å². The van der Waals surface area contributed by atoms with Crippen molar-refractivity contribution in [2.24, 2.45) is 11.7 Å². The second-order valence-corrected chi connectivity index (χ2v) is 5.52. The van der Waals surface area contributed by atoms with Crippen molar-refractivity contribution in [3.05, 3.63) is 0 Å². The second-order valence-electron chi connectivity index (χ2n) is 4.37. The number of hydrogen-bond donors (Lipinski definition) is 1. The van der Waals surface area contributed by atoms with Gasteiger partial charge in [-0.1, -0.05) is 20.3 Å². The molecule has 1 saturated heterocycles. The molecule has 2 N–H and O–H groups in total. The third-order valence-corrected chi connectivity index (χ3v) is 4.69. The highest BCUT2D eigenvalue weighted by atomic mass is 32.2.